The Bertz CT molecular complexity index is 447. The summed E-state index contributed by atoms with van der Waals surface area (Å²) in [5.41, 5.74) is 7.14. The lowest BCUT2D eigenvalue weighted by Gasteiger charge is -2.36. The van der Waals surface area contributed by atoms with E-state index in [1.807, 2.05) is 11.8 Å². The van der Waals surface area contributed by atoms with Crippen LogP contribution in [-0.4, -0.2) is 17.5 Å². The van der Waals surface area contributed by atoms with Gasteiger partial charge in [0.1, 0.15) is 5.82 Å². The number of thioether (sulfide) groups is 1. The Morgan fingerprint density at radius 1 is 1.37 bits per heavy atom. The Morgan fingerprint density at radius 2 is 2.05 bits per heavy atom. The summed E-state index contributed by atoms with van der Waals surface area (Å²) >= 11 is 5.14. The van der Waals surface area contributed by atoms with Gasteiger partial charge in [0.2, 0.25) is 0 Å². The summed E-state index contributed by atoms with van der Waals surface area (Å²) < 4.78 is 14.1. The molecule has 1 fully saturated rings. The highest BCUT2D eigenvalue weighted by Crippen LogP contribution is 2.39. The Labute approximate surface area is 126 Å². The van der Waals surface area contributed by atoms with Crippen LogP contribution in [0.4, 0.5) is 15.8 Å². The van der Waals surface area contributed by atoms with Gasteiger partial charge in [0.15, 0.2) is 0 Å². The highest BCUT2D eigenvalue weighted by atomic mass is 79.9. The van der Waals surface area contributed by atoms with Gasteiger partial charge in [0, 0.05) is 17.4 Å². The van der Waals surface area contributed by atoms with Crippen LogP contribution in [0.3, 0.4) is 0 Å². The summed E-state index contributed by atoms with van der Waals surface area (Å²) in [6.45, 7) is 0.885. The molecule has 0 unspecified atom stereocenters. The van der Waals surface area contributed by atoms with Crippen molar-refractivity contribution in [3.63, 3.8) is 0 Å². The predicted octanol–water partition coefficient (Wildman–Crippen LogP) is 4.65. The Balaban J connectivity index is 2.07. The molecule has 0 amide bonds. The molecule has 5 heteroatoms. The van der Waals surface area contributed by atoms with Crippen LogP contribution >= 0.6 is 27.7 Å². The molecule has 0 radical (unpaired) electrons. The van der Waals surface area contributed by atoms with Crippen LogP contribution in [0.2, 0.25) is 0 Å². The molecule has 2 nitrogen and oxygen atoms in total. The minimum atomic E-state index is -0.319. The first kappa shape index (κ1) is 15.0. The van der Waals surface area contributed by atoms with Gasteiger partial charge in [-0.3, -0.25) is 0 Å². The average molecular weight is 347 g/mol. The van der Waals surface area contributed by atoms with Crippen molar-refractivity contribution in [3.05, 3.63) is 22.4 Å². The molecule has 1 aliphatic rings. The molecule has 106 valence electrons. The van der Waals surface area contributed by atoms with Crippen molar-refractivity contribution in [2.24, 2.45) is 0 Å². The van der Waals surface area contributed by atoms with E-state index in [4.69, 9.17) is 5.73 Å². The number of anilines is 2. The molecular weight excluding hydrogens is 327 g/mol. The molecule has 0 saturated heterocycles. The zero-order valence-electron chi connectivity index (χ0n) is 11.1. The number of nitrogen functional groups attached to an aromatic ring is 1. The van der Waals surface area contributed by atoms with E-state index in [1.54, 1.807) is 6.07 Å². The SMILES string of the molecule is CSC1(CNc2cc(Br)c(F)cc2N)CCCCC1. The molecule has 0 atom stereocenters. The van der Waals surface area contributed by atoms with E-state index in [0.29, 0.717) is 14.9 Å². The fourth-order valence-corrected chi connectivity index (χ4v) is 3.88. The van der Waals surface area contributed by atoms with Crippen molar-refractivity contribution in [1.82, 2.24) is 0 Å². The zero-order valence-corrected chi connectivity index (χ0v) is 13.5. The monoisotopic (exact) mass is 346 g/mol. The summed E-state index contributed by atoms with van der Waals surface area (Å²) in [6, 6.07) is 3.08. The number of benzene rings is 1. The maximum atomic E-state index is 13.3. The van der Waals surface area contributed by atoms with Crippen molar-refractivity contribution in [2.75, 3.05) is 23.9 Å². The summed E-state index contributed by atoms with van der Waals surface area (Å²) in [7, 11) is 0. The average Bonchev–Trinajstić information content (AvgIpc) is 2.42. The number of hydrogen-bond donors (Lipinski definition) is 2. The van der Waals surface area contributed by atoms with Gasteiger partial charge < -0.3 is 11.1 Å². The Hall–Kier alpha value is -0.420. The zero-order chi connectivity index (χ0) is 13.9. The largest absolute Gasteiger partial charge is 0.397 e. The van der Waals surface area contributed by atoms with E-state index in [9.17, 15) is 4.39 Å². The fourth-order valence-electron chi connectivity index (χ4n) is 2.62. The second-order valence-electron chi connectivity index (χ2n) is 5.15. The maximum absolute atomic E-state index is 13.3. The summed E-state index contributed by atoms with van der Waals surface area (Å²) in [5.74, 6) is -0.319. The molecule has 1 aromatic rings. The normalized spacial score (nSPS) is 18.3. The third-order valence-electron chi connectivity index (χ3n) is 3.89. The van der Waals surface area contributed by atoms with Crippen LogP contribution in [0.1, 0.15) is 32.1 Å². The predicted molar refractivity (Wildman–Crippen MR) is 86.3 cm³/mol. The van der Waals surface area contributed by atoms with Crippen molar-refractivity contribution in [2.45, 2.75) is 36.9 Å². The Kier molecular flexibility index (Phi) is 5.01. The van der Waals surface area contributed by atoms with Gasteiger partial charge in [0.25, 0.3) is 0 Å². The van der Waals surface area contributed by atoms with Crippen LogP contribution < -0.4 is 11.1 Å². The number of hydrogen-bond acceptors (Lipinski definition) is 3. The minimum Gasteiger partial charge on any atom is -0.397 e. The first-order valence-electron chi connectivity index (χ1n) is 6.60. The molecule has 1 saturated carbocycles. The number of halogens is 2. The Morgan fingerprint density at radius 3 is 2.68 bits per heavy atom. The molecule has 0 aromatic heterocycles. The van der Waals surface area contributed by atoms with Crippen molar-refractivity contribution < 1.29 is 4.39 Å². The van der Waals surface area contributed by atoms with E-state index < -0.39 is 0 Å². The quantitative estimate of drug-likeness (QED) is 0.779. The van der Waals surface area contributed by atoms with Crippen LogP contribution in [0.5, 0.6) is 0 Å². The molecule has 19 heavy (non-hydrogen) atoms. The van der Waals surface area contributed by atoms with Crippen LogP contribution in [0, 0.1) is 5.82 Å². The van der Waals surface area contributed by atoms with Crippen LogP contribution in [0.25, 0.3) is 0 Å². The third-order valence-corrected chi connectivity index (χ3v) is 5.92. The van der Waals surface area contributed by atoms with Gasteiger partial charge >= 0.3 is 0 Å². The van der Waals surface area contributed by atoms with E-state index in [1.165, 1.54) is 38.2 Å². The van der Waals surface area contributed by atoms with Gasteiger partial charge in [-0.05, 0) is 41.1 Å². The third kappa shape index (κ3) is 3.57. The van der Waals surface area contributed by atoms with E-state index >= 15 is 0 Å². The standard InChI is InChI=1S/C14H20BrFN2S/c1-19-14(5-3-2-4-6-14)9-18-13-7-10(15)11(16)8-12(13)17/h7-8,18H,2-6,9,17H2,1H3. The summed E-state index contributed by atoms with van der Waals surface area (Å²) in [4.78, 5) is 0. The summed E-state index contributed by atoms with van der Waals surface area (Å²) in [5, 5.41) is 3.40. The van der Waals surface area contributed by atoms with Crippen molar-refractivity contribution in [1.29, 1.82) is 0 Å². The van der Waals surface area contributed by atoms with E-state index in [-0.39, 0.29) is 5.82 Å². The first-order chi connectivity index (χ1) is 9.06. The summed E-state index contributed by atoms with van der Waals surface area (Å²) in [6.07, 6.45) is 8.59. The number of nitrogens with two attached hydrogens (primary N) is 1. The number of nitrogens with one attached hydrogen (secondary N) is 1. The van der Waals surface area contributed by atoms with Crippen LogP contribution in [-0.2, 0) is 0 Å². The molecular formula is C14H20BrFN2S. The lowest BCUT2D eigenvalue weighted by Crippen LogP contribution is -2.35. The highest BCUT2D eigenvalue weighted by molar-refractivity contribution is 9.10. The lowest BCUT2D eigenvalue weighted by molar-refractivity contribution is 0.411. The maximum Gasteiger partial charge on any atom is 0.139 e. The van der Waals surface area contributed by atoms with E-state index in [2.05, 4.69) is 27.5 Å². The van der Waals surface area contributed by atoms with Gasteiger partial charge in [-0.2, -0.15) is 11.8 Å². The first-order valence-corrected chi connectivity index (χ1v) is 8.62. The molecule has 0 aliphatic heterocycles. The second-order valence-corrected chi connectivity index (χ2v) is 7.28. The molecule has 1 aromatic carbocycles. The molecule has 0 spiro atoms. The molecule has 0 bridgehead atoms. The smallest absolute Gasteiger partial charge is 0.139 e. The van der Waals surface area contributed by atoms with Gasteiger partial charge in [0.05, 0.1) is 15.8 Å². The van der Waals surface area contributed by atoms with Crippen molar-refractivity contribution >= 4 is 39.1 Å². The lowest BCUT2D eigenvalue weighted by atomic mass is 9.88. The second kappa shape index (κ2) is 6.35. The molecule has 2 rings (SSSR count). The van der Waals surface area contributed by atoms with Crippen LogP contribution in [0.15, 0.2) is 16.6 Å². The van der Waals surface area contributed by atoms with E-state index in [0.717, 1.165) is 12.2 Å². The minimum absolute atomic E-state index is 0.297. The number of rotatable bonds is 4. The van der Waals surface area contributed by atoms with Gasteiger partial charge in [-0.25, -0.2) is 4.39 Å². The topological polar surface area (TPSA) is 38.0 Å². The molecule has 0 heterocycles. The van der Waals surface area contributed by atoms with Gasteiger partial charge in [-0.15, -0.1) is 0 Å². The molecule has 3 N–H and O–H groups in total. The fraction of sp³-hybridized carbons (Fsp3) is 0.571. The highest BCUT2D eigenvalue weighted by Gasteiger charge is 2.30. The van der Waals surface area contributed by atoms with Gasteiger partial charge in [-0.1, -0.05) is 19.3 Å². The molecule has 1 aliphatic carbocycles. The van der Waals surface area contributed by atoms with Crippen molar-refractivity contribution in [3.8, 4) is 0 Å².